The Labute approximate surface area is 137 Å². The average Bonchev–Trinajstić information content (AvgIpc) is 3.06. The monoisotopic (exact) mass is 330 g/mol. The predicted molar refractivity (Wildman–Crippen MR) is 91.3 cm³/mol. The molecule has 0 radical (unpaired) electrons. The molecule has 7 heteroatoms. The lowest BCUT2D eigenvalue weighted by Gasteiger charge is -2.04. The van der Waals surface area contributed by atoms with Gasteiger partial charge in [0.2, 0.25) is 0 Å². The van der Waals surface area contributed by atoms with Crippen molar-refractivity contribution in [1.82, 2.24) is 10.6 Å². The van der Waals surface area contributed by atoms with E-state index in [4.69, 9.17) is 5.26 Å². The van der Waals surface area contributed by atoms with Crippen molar-refractivity contribution in [1.29, 1.82) is 5.26 Å². The summed E-state index contributed by atoms with van der Waals surface area (Å²) in [6, 6.07) is 10.9. The molecule has 0 saturated carbocycles. The second-order valence-electron chi connectivity index (χ2n) is 4.17. The Kier molecular flexibility index (Phi) is 6.01. The molecule has 1 aromatic heterocycles. The molecule has 0 unspecified atom stereocenters. The van der Waals surface area contributed by atoms with Crippen LogP contribution >= 0.6 is 23.1 Å². The molecule has 5 nitrogen and oxygen atoms in total. The third-order valence-corrected chi connectivity index (χ3v) is 4.18. The molecule has 0 bridgehead atoms. The molecule has 0 aliphatic carbocycles. The zero-order valence-corrected chi connectivity index (χ0v) is 13.5. The fourth-order valence-corrected chi connectivity index (χ4v) is 2.65. The molecule has 1 heterocycles. The number of benzene rings is 1. The molecule has 2 aromatic rings. The van der Waals surface area contributed by atoms with Gasteiger partial charge in [0.1, 0.15) is 0 Å². The van der Waals surface area contributed by atoms with E-state index in [0.717, 1.165) is 4.88 Å². The summed E-state index contributed by atoms with van der Waals surface area (Å²) in [5, 5.41) is 16.4. The van der Waals surface area contributed by atoms with Crippen LogP contribution in [0.5, 0.6) is 0 Å². The fraction of sp³-hybridized carbons (Fsp3) is 0.133. The highest BCUT2D eigenvalue weighted by atomic mass is 32.2. The first kappa shape index (κ1) is 16.1. The Hall–Kier alpha value is -2.30. The summed E-state index contributed by atoms with van der Waals surface area (Å²) < 4.78 is 0. The molecule has 0 spiro atoms. The molecule has 22 heavy (non-hydrogen) atoms. The minimum atomic E-state index is -0.121. The number of nitriles is 1. The Bertz CT molecular complexity index is 687. The van der Waals surface area contributed by atoms with Gasteiger partial charge in [0.25, 0.3) is 5.91 Å². The van der Waals surface area contributed by atoms with Crippen LogP contribution in [0, 0.1) is 11.5 Å². The van der Waals surface area contributed by atoms with Gasteiger partial charge in [0.15, 0.2) is 11.4 Å². The Balaban J connectivity index is 1.99. The second kappa shape index (κ2) is 8.22. The first-order valence-electron chi connectivity index (χ1n) is 6.41. The van der Waals surface area contributed by atoms with Gasteiger partial charge >= 0.3 is 0 Å². The molecule has 0 fully saturated rings. The summed E-state index contributed by atoms with van der Waals surface area (Å²) >= 11 is 2.95. The van der Waals surface area contributed by atoms with Crippen LogP contribution in [0.3, 0.4) is 0 Å². The number of rotatable bonds is 4. The van der Waals surface area contributed by atoms with E-state index in [-0.39, 0.29) is 5.91 Å². The van der Waals surface area contributed by atoms with E-state index >= 15 is 0 Å². The van der Waals surface area contributed by atoms with Crippen molar-refractivity contribution >= 4 is 39.9 Å². The van der Waals surface area contributed by atoms with Crippen molar-refractivity contribution < 1.29 is 4.79 Å². The number of nitrogens with zero attached hydrogens (tertiary/aromatic N) is 2. The molecule has 112 valence electrons. The maximum absolute atomic E-state index is 12.0. The van der Waals surface area contributed by atoms with Gasteiger partial charge in [-0.15, -0.1) is 11.3 Å². The number of nitrogens with one attached hydrogen (secondary N) is 2. The first-order valence-corrected chi connectivity index (χ1v) is 8.52. The molecule has 2 rings (SSSR count). The summed E-state index contributed by atoms with van der Waals surface area (Å²) in [7, 11) is 0. The minimum absolute atomic E-state index is 0.121. The Morgan fingerprint density at radius 2 is 2.14 bits per heavy atom. The summed E-state index contributed by atoms with van der Waals surface area (Å²) in [4.78, 5) is 17.4. The highest BCUT2D eigenvalue weighted by Gasteiger charge is 2.05. The van der Waals surface area contributed by atoms with Crippen molar-refractivity contribution in [2.75, 3.05) is 6.26 Å². The Morgan fingerprint density at radius 3 is 2.73 bits per heavy atom. The van der Waals surface area contributed by atoms with E-state index in [0.29, 0.717) is 23.0 Å². The quantitative estimate of drug-likeness (QED) is 0.391. The van der Waals surface area contributed by atoms with Crippen molar-refractivity contribution in [3.63, 3.8) is 0 Å². The van der Waals surface area contributed by atoms with Crippen LogP contribution < -0.4 is 10.6 Å². The molecule has 0 aliphatic rings. The number of amides is 1. The molecular formula is C15H14N4OS2. The topological polar surface area (TPSA) is 77.3 Å². The number of thiophene rings is 1. The number of carbonyl (C=O) groups is 1. The molecule has 1 aromatic carbocycles. The first-order chi connectivity index (χ1) is 10.7. The van der Waals surface area contributed by atoms with Gasteiger partial charge in [0, 0.05) is 10.4 Å². The zero-order valence-electron chi connectivity index (χ0n) is 11.9. The summed E-state index contributed by atoms with van der Waals surface area (Å²) in [5.74, 6) is -0.121. The van der Waals surface area contributed by atoms with Gasteiger partial charge in [-0.3, -0.25) is 10.1 Å². The van der Waals surface area contributed by atoms with Crippen LogP contribution in [0.1, 0.15) is 15.2 Å². The van der Waals surface area contributed by atoms with E-state index in [1.165, 1.54) is 11.8 Å². The number of aliphatic imine (C=N–C) groups is 1. The average molecular weight is 330 g/mol. The summed E-state index contributed by atoms with van der Waals surface area (Å²) in [5.41, 5.74) is 1.26. The standard InChI is InChI=1S/C15H14N4OS2/c1-21-15(18-10-16)19-12-6-4-11(5-7-12)14(20)17-9-13-3-2-8-22-13/h2-8H,9H2,1H3,(H,17,20)(H,18,19). The van der Waals surface area contributed by atoms with Crippen LogP contribution in [0.4, 0.5) is 5.69 Å². The van der Waals surface area contributed by atoms with Crippen LogP contribution in [0.2, 0.25) is 0 Å². The molecule has 1 amide bonds. The third kappa shape index (κ3) is 4.62. The number of hydrogen-bond acceptors (Lipinski definition) is 5. The smallest absolute Gasteiger partial charge is 0.251 e. The number of amidine groups is 1. The predicted octanol–water partition coefficient (Wildman–Crippen LogP) is 3.10. The van der Waals surface area contributed by atoms with Crippen LogP contribution in [0.25, 0.3) is 0 Å². The van der Waals surface area contributed by atoms with E-state index in [2.05, 4.69) is 15.6 Å². The third-order valence-electron chi connectivity index (χ3n) is 2.72. The van der Waals surface area contributed by atoms with Crippen LogP contribution in [-0.4, -0.2) is 17.3 Å². The maximum atomic E-state index is 12.0. The normalized spacial score (nSPS) is 10.8. The SMILES string of the molecule is CSC(=Nc1ccc(C(=O)NCc2cccs2)cc1)NC#N. The van der Waals surface area contributed by atoms with E-state index in [1.54, 1.807) is 35.6 Å². The summed E-state index contributed by atoms with van der Waals surface area (Å²) in [6.07, 6.45) is 3.66. The van der Waals surface area contributed by atoms with Gasteiger partial charge in [-0.1, -0.05) is 17.8 Å². The number of hydrogen-bond donors (Lipinski definition) is 2. The largest absolute Gasteiger partial charge is 0.347 e. The highest BCUT2D eigenvalue weighted by molar-refractivity contribution is 8.13. The number of thioether (sulfide) groups is 1. The van der Waals surface area contributed by atoms with Gasteiger partial charge < -0.3 is 5.32 Å². The van der Waals surface area contributed by atoms with E-state index < -0.39 is 0 Å². The van der Waals surface area contributed by atoms with Gasteiger partial charge in [-0.25, -0.2) is 4.99 Å². The minimum Gasteiger partial charge on any atom is -0.347 e. The van der Waals surface area contributed by atoms with E-state index in [1.807, 2.05) is 30.0 Å². The Morgan fingerprint density at radius 1 is 1.36 bits per heavy atom. The van der Waals surface area contributed by atoms with Crippen LogP contribution in [-0.2, 0) is 6.54 Å². The van der Waals surface area contributed by atoms with Gasteiger partial charge in [-0.2, -0.15) is 5.26 Å². The van der Waals surface area contributed by atoms with E-state index in [9.17, 15) is 4.79 Å². The lowest BCUT2D eigenvalue weighted by atomic mass is 10.2. The molecule has 2 N–H and O–H groups in total. The molecule has 0 saturated heterocycles. The zero-order chi connectivity index (χ0) is 15.8. The van der Waals surface area contributed by atoms with Gasteiger partial charge in [0.05, 0.1) is 12.2 Å². The van der Waals surface area contributed by atoms with Crippen LogP contribution in [0.15, 0.2) is 46.8 Å². The molecular weight excluding hydrogens is 316 g/mol. The van der Waals surface area contributed by atoms with Gasteiger partial charge in [-0.05, 0) is 42.0 Å². The van der Waals surface area contributed by atoms with Crippen molar-refractivity contribution in [2.45, 2.75) is 6.54 Å². The lowest BCUT2D eigenvalue weighted by molar-refractivity contribution is 0.0951. The van der Waals surface area contributed by atoms with Crippen molar-refractivity contribution in [3.05, 3.63) is 52.2 Å². The second-order valence-corrected chi connectivity index (χ2v) is 5.99. The van der Waals surface area contributed by atoms with Crippen molar-refractivity contribution in [3.8, 4) is 6.19 Å². The number of carbonyl (C=O) groups excluding carboxylic acids is 1. The van der Waals surface area contributed by atoms with Crippen molar-refractivity contribution in [2.24, 2.45) is 4.99 Å². The molecule has 0 atom stereocenters. The lowest BCUT2D eigenvalue weighted by Crippen LogP contribution is -2.22. The summed E-state index contributed by atoms with van der Waals surface area (Å²) in [6.45, 7) is 0.527. The highest BCUT2D eigenvalue weighted by Crippen LogP contribution is 2.15. The maximum Gasteiger partial charge on any atom is 0.251 e. The fourth-order valence-electron chi connectivity index (χ4n) is 1.66. The molecule has 0 aliphatic heterocycles.